The van der Waals surface area contributed by atoms with Gasteiger partial charge < -0.3 is 10.2 Å². The van der Waals surface area contributed by atoms with Crippen molar-refractivity contribution in [1.82, 2.24) is 19.2 Å². The topological polar surface area (TPSA) is 64.7 Å². The summed E-state index contributed by atoms with van der Waals surface area (Å²) < 4.78 is 28.6. The zero-order valence-corrected chi connectivity index (χ0v) is 13.2. The molecule has 1 rings (SSSR count). The second-order valence-corrected chi connectivity index (χ2v) is 6.94. The predicted molar refractivity (Wildman–Crippen MR) is 78.4 cm³/mol. The lowest BCUT2D eigenvalue weighted by Crippen LogP contribution is -2.51. The van der Waals surface area contributed by atoms with Crippen LogP contribution in [0, 0.1) is 0 Å². The molecule has 0 aliphatic carbocycles. The summed E-state index contributed by atoms with van der Waals surface area (Å²) in [6.07, 6.45) is 2.81. The monoisotopic (exact) mass is 292 g/mol. The number of likely N-dealkylation sites (N-methyl/N-ethyl adjacent to an activating group) is 1. The van der Waals surface area contributed by atoms with Crippen LogP contribution in [0.2, 0.25) is 0 Å². The quantitative estimate of drug-likeness (QED) is 0.611. The van der Waals surface area contributed by atoms with Gasteiger partial charge in [-0.25, -0.2) is 0 Å². The van der Waals surface area contributed by atoms with E-state index in [2.05, 4.69) is 21.9 Å². The van der Waals surface area contributed by atoms with Crippen LogP contribution in [0.1, 0.15) is 26.2 Å². The minimum atomic E-state index is -3.34. The zero-order chi connectivity index (χ0) is 14.3. The van der Waals surface area contributed by atoms with Gasteiger partial charge in [-0.2, -0.15) is 17.4 Å². The minimum Gasteiger partial charge on any atom is -0.320 e. The van der Waals surface area contributed by atoms with E-state index in [1.165, 1.54) is 4.31 Å². The average molecular weight is 292 g/mol. The van der Waals surface area contributed by atoms with E-state index < -0.39 is 10.2 Å². The van der Waals surface area contributed by atoms with Crippen molar-refractivity contribution in [3.8, 4) is 0 Å². The second-order valence-electron chi connectivity index (χ2n) is 5.13. The molecule has 1 aliphatic rings. The van der Waals surface area contributed by atoms with Gasteiger partial charge in [0.15, 0.2) is 0 Å². The predicted octanol–water partition coefficient (Wildman–Crippen LogP) is -0.154. The molecule has 114 valence electrons. The lowest BCUT2D eigenvalue weighted by Gasteiger charge is -2.33. The molecule has 0 radical (unpaired) electrons. The van der Waals surface area contributed by atoms with E-state index in [0.29, 0.717) is 6.54 Å². The normalized spacial score (nSPS) is 22.0. The molecule has 0 amide bonds. The third-order valence-corrected chi connectivity index (χ3v) is 5.21. The molecule has 0 bridgehead atoms. The number of rotatable bonds is 8. The van der Waals surface area contributed by atoms with Crippen LogP contribution < -0.4 is 10.0 Å². The molecule has 0 aromatic carbocycles. The molecule has 0 saturated carbocycles. The first-order valence-electron chi connectivity index (χ1n) is 7.10. The van der Waals surface area contributed by atoms with Gasteiger partial charge in [-0.3, -0.25) is 0 Å². The first-order chi connectivity index (χ1) is 8.99. The highest BCUT2D eigenvalue weighted by molar-refractivity contribution is 7.87. The molecule has 7 heteroatoms. The summed E-state index contributed by atoms with van der Waals surface area (Å²) in [5.74, 6) is 0. The molecule has 1 fully saturated rings. The van der Waals surface area contributed by atoms with Gasteiger partial charge in [0.25, 0.3) is 10.2 Å². The van der Waals surface area contributed by atoms with Gasteiger partial charge in [0.1, 0.15) is 0 Å². The van der Waals surface area contributed by atoms with Gasteiger partial charge in [0, 0.05) is 26.2 Å². The number of piperidine rings is 1. The average Bonchev–Trinajstić information content (AvgIpc) is 2.38. The Hall–Kier alpha value is -0.210. The molecule has 19 heavy (non-hydrogen) atoms. The third kappa shape index (κ3) is 5.74. The van der Waals surface area contributed by atoms with Gasteiger partial charge in [-0.15, -0.1) is 0 Å². The van der Waals surface area contributed by atoms with Crippen LogP contribution in [0.25, 0.3) is 0 Å². The fourth-order valence-corrected chi connectivity index (χ4v) is 3.50. The van der Waals surface area contributed by atoms with E-state index in [0.717, 1.165) is 45.4 Å². The number of nitrogens with one attached hydrogen (secondary N) is 2. The Morgan fingerprint density at radius 2 is 2.16 bits per heavy atom. The largest absolute Gasteiger partial charge is 0.320 e. The second kappa shape index (κ2) is 8.16. The Labute approximate surface area is 117 Å². The molecular formula is C12H28N4O2S. The van der Waals surface area contributed by atoms with E-state index in [1.54, 1.807) is 7.05 Å². The van der Waals surface area contributed by atoms with E-state index in [4.69, 9.17) is 0 Å². The van der Waals surface area contributed by atoms with Crippen LogP contribution in [0.15, 0.2) is 0 Å². The van der Waals surface area contributed by atoms with Crippen LogP contribution >= 0.6 is 0 Å². The summed E-state index contributed by atoms with van der Waals surface area (Å²) in [6, 6.07) is 0.0467. The van der Waals surface area contributed by atoms with Crippen molar-refractivity contribution >= 4 is 10.2 Å². The molecule has 1 saturated heterocycles. The van der Waals surface area contributed by atoms with Gasteiger partial charge in [0.2, 0.25) is 0 Å². The fraction of sp³-hybridized carbons (Fsp3) is 1.00. The van der Waals surface area contributed by atoms with Crippen molar-refractivity contribution < 1.29 is 8.42 Å². The molecule has 1 heterocycles. The Morgan fingerprint density at radius 1 is 1.42 bits per heavy atom. The standard InChI is InChI=1S/C12H28N4O2S/c1-4-16-10-5-7-12(11-16)14-19(17,18)15(3)9-6-8-13-2/h12-14H,4-11H2,1-3H3. The van der Waals surface area contributed by atoms with Crippen molar-refractivity contribution in [3.63, 3.8) is 0 Å². The minimum absolute atomic E-state index is 0.0467. The van der Waals surface area contributed by atoms with Crippen LogP contribution in [0.5, 0.6) is 0 Å². The lowest BCUT2D eigenvalue weighted by atomic mass is 10.1. The Balaban J connectivity index is 2.44. The molecule has 1 atom stereocenters. The highest BCUT2D eigenvalue weighted by atomic mass is 32.2. The van der Waals surface area contributed by atoms with Crippen molar-refractivity contribution in [2.75, 3.05) is 46.8 Å². The summed E-state index contributed by atoms with van der Waals surface area (Å²) in [4.78, 5) is 2.29. The molecule has 2 N–H and O–H groups in total. The first kappa shape index (κ1) is 16.8. The lowest BCUT2D eigenvalue weighted by molar-refractivity contribution is 0.210. The Kier molecular flexibility index (Phi) is 7.23. The van der Waals surface area contributed by atoms with Crippen molar-refractivity contribution in [1.29, 1.82) is 0 Å². The Morgan fingerprint density at radius 3 is 2.79 bits per heavy atom. The van der Waals surface area contributed by atoms with Crippen LogP contribution in [-0.2, 0) is 10.2 Å². The molecular weight excluding hydrogens is 264 g/mol. The maximum atomic E-state index is 12.2. The third-order valence-electron chi connectivity index (χ3n) is 3.58. The van der Waals surface area contributed by atoms with E-state index in [1.807, 2.05) is 7.05 Å². The molecule has 0 spiro atoms. The summed E-state index contributed by atoms with van der Waals surface area (Å²) in [5, 5.41) is 3.02. The number of hydrogen-bond acceptors (Lipinski definition) is 4. The van der Waals surface area contributed by atoms with Crippen molar-refractivity contribution in [3.05, 3.63) is 0 Å². The van der Waals surface area contributed by atoms with Crippen molar-refractivity contribution in [2.45, 2.75) is 32.2 Å². The van der Waals surface area contributed by atoms with E-state index in [-0.39, 0.29) is 6.04 Å². The molecule has 6 nitrogen and oxygen atoms in total. The molecule has 1 unspecified atom stereocenters. The summed E-state index contributed by atoms with van der Waals surface area (Å²) in [6.45, 7) is 6.36. The number of likely N-dealkylation sites (tertiary alicyclic amines) is 1. The zero-order valence-electron chi connectivity index (χ0n) is 12.4. The van der Waals surface area contributed by atoms with Crippen LogP contribution in [-0.4, -0.2) is 70.5 Å². The highest BCUT2D eigenvalue weighted by Crippen LogP contribution is 2.11. The molecule has 1 aliphatic heterocycles. The van der Waals surface area contributed by atoms with Gasteiger partial charge in [-0.05, 0) is 45.9 Å². The van der Waals surface area contributed by atoms with Gasteiger partial charge >= 0.3 is 0 Å². The first-order valence-corrected chi connectivity index (χ1v) is 8.54. The maximum Gasteiger partial charge on any atom is 0.279 e. The van der Waals surface area contributed by atoms with Gasteiger partial charge in [-0.1, -0.05) is 6.92 Å². The van der Waals surface area contributed by atoms with Crippen molar-refractivity contribution in [2.24, 2.45) is 0 Å². The number of hydrogen-bond donors (Lipinski definition) is 2. The smallest absolute Gasteiger partial charge is 0.279 e. The van der Waals surface area contributed by atoms with Crippen LogP contribution in [0.4, 0.5) is 0 Å². The van der Waals surface area contributed by atoms with E-state index in [9.17, 15) is 8.42 Å². The number of nitrogens with zero attached hydrogens (tertiary/aromatic N) is 2. The summed E-state index contributed by atoms with van der Waals surface area (Å²) in [7, 11) is 0.163. The molecule has 0 aromatic heterocycles. The fourth-order valence-electron chi connectivity index (χ4n) is 2.34. The Bertz CT molecular complexity index is 348. The van der Waals surface area contributed by atoms with E-state index >= 15 is 0 Å². The SMILES string of the molecule is CCN1CCCC(NS(=O)(=O)N(C)CCCNC)C1. The van der Waals surface area contributed by atoms with Crippen LogP contribution in [0.3, 0.4) is 0 Å². The summed E-state index contributed by atoms with van der Waals surface area (Å²) in [5.41, 5.74) is 0. The molecule has 0 aromatic rings. The van der Waals surface area contributed by atoms with Gasteiger partial charge in [0.05, 0.1) is 0 Å². The highest BCUT2D eigenvalue weighted by Gasteiger charge is 2.25. The maximum absolute atomic E-state index is 12.2. The summed E-state index contributed by atoms with van der Waals surface area (Å²) >= 11 is 0.